The summed E-state index contributed by atoms with van der Waals surface area (Å²) in [6.07, 6.45) is -5.22. The average molecular weight is 362 g/mol. The average Bonchev–Trinajstić information content (AvgIpc) is 2.65. The molecule has 4 rings (SSSR count). The zero-order chi connectivity index (χ0) is 18.6. The van der Waals surface area contributed by atoms with E-state index in [0.29, 0.717) is 25.7 Å². The molecule has 8 atom stereocenters. The monoisotopic (exact) mass is 362 g/mol. The van der Waals surface area contributed by atoms with Crippen LogP contribution in [0.5, 0.6) is 0 Å². The lowest BCUT2D eigenvalue weighted by Crippen LogP contribution is -2.61. The van der Waals surface area contributed by atoms with Gasteiger partial charge in [-0.05, 0) is 33.6 Å². The normalized spacial score (nSPS) is 52.8. The second-order valence-electron chi connectivity index (χ2n) is 8.60. The highest BCUT2D eigenvalue weighted by molar-refractivity contribution is 5.06. The Labute approximate surface area is 147 Å². The van der Waals surface area contributed by atoms with Crippen molar-refractivity contribution in [2.75, 3.05) is 6.61 Å². The Morgan fingerprint density at radius 2 is 1.72 bits per heavy atom. The lowest BCUT2D eigenvalue weighted by Gasteiger charge is -2.47. The molecule has 3 heterocycles. The van der Waals surface area contributed by atoms with Crippen LogP contribution in [0.25, 0.3) is 0 Å². The molecule has 1 aliphatic carbocycles. The summed E-state index contributed by atoms with van der Waals surface area (Å²) < 4.78 is 17.6. The van der Waals surface area contributed by atoms with Gasteiger partial charge in [-0.15, -0.1) is 0 Å². The van der Waals surface area contributed by atoms with Gasteiger partial charge in [-0.3, -0.25) is 0 Å². The molecule has 0 aromatic rings. The van der Waals surface area contributed by atoms with Crippen molar-refractivity contribution in [1.82, 2.24) is 0 Å². The highest BCUT2D eigenvalue weighted by Crippen LogP contribution is 2.49. The first-order chi connectivity index (χ1) is 11.5. The molecular formula is C17H30O8. The molecule has 1 saturated carbocycles. The van der Waals surface area contributed by atoms with Crippen molar-refractivity contribution in [1.29, 1.82) is 0 Å². The fraction of sp³-hybridized carbons (Fsp3) is 1.00. The molecule has 0 aromatic carbocycles. The van der Waals surface area contributed by atoms with Crippen LogP contribution in [-0.4, -0.2) is 85.8 Å². The first-order valence-corrected chi connectivity index (χ1v) is 8.87. The van der Waals surface area contributed by atoms with Crippen LogP contribution in [-0.2, 0) is 14.2 Å². The van der Waals surface area contributed by atoms with Crippen molar-refractivity contribution in [3.05, 3.63) is 0 Å². The maximum atomic E-state index is 10.9. The minimum atomic E-state index is -1.49. The van der Waals surface area contributed by atoms with Crippen LogP contribution in [0, 0.1) is 0 Å². The molecule has 8 heteroatoms. The highest BCUT2D eigenvalue weighted by atomic mass is 16.7. The van der Waals surface area contributed by atoms with Crippen LogP contribution in [0.4, 0.5) is 0 Å². The van der Waals surface area contributed by atoms with Crippen molar-refractivity contribution >= 4 is 0 Å². The maximum absolute atomic E-state index is 10.9. The molecule has 0 radical (unpaired) electrons. The molecule has 0 amide bonds. The zero-order valence-electron chi connectivity index (χ0n) is 15.0. The summed E-state index contributed by atoms with van der Waals surface area (Å²) >= 11 is 0. The van der Waals surface area contributed by atoms with Gasteiger partial charge >= 0.3 is 0 Å². The summed E-state index contributed by atoms with van der Waals surface area (Å²) in [5.41, 5.74) is -2.13. The number of aliphatic hydroxyl groups is 5. The van der Waals surface area contributed by atoms with E-state index < -0.39 is 60.2 Å². The second-order valence-corrected chi connectivity index (χ2v) is 8.60. The topological polar surface area (TPSA) is 129 Å². The Bertz CT molecular complexity index is 497. The molecule has 5 N–H and O–H groups in total. The van der Waals surface area contributed by atoms with Crippen LogP contribution in [0.3, 0.4) is 0 Å². The van der Waals surface area contributed by atoms with Crippen molar-refractivity contribution in [2.24, 2.45) is 0 Å². The van der Waals surface area contributed by atoms with Gasteiger partial charge in [0.05, 0.1) is 29.5 Å². The third kappa shape index (κ3) is 3.59. The Morgan fingerprint density at radius 3 is 2.36 bits per heavy atom. The molecule has 146 valence electrons. The molecule has 2 bridgehead atoms. The smallest absolute Gasteiger partial charge is 0.187 e. The molecule has 4 fully saturated rings. The fourth-order valence-corrected chi connectivity index (χ4v) is 4.58. The van der Waals surface area contributed by atoms with Crippen molar-refractivity contribution in [2.45, 2.75) is 100 Å². The van der Waals surface area contributed by atoms with Gasteiger partial charge < -0.3 is 39.7 Å². The molecule has 8 nitrogen and oxygen atoms in total. The third-order valence-corrected chi connectivity index (χ3v) is 5.74. The van der Waals surface area contributed by atoms with E-state index in [1.165, 1.54) is 0 Å². The number of fused-ring (bicyclic) bond motifs is 4. The summed E-state index contributed by atoms with van der Waals surface area (Å²) in [6, 6.07) is 0. The van der Waals surface area contributed by atoms with Crippen LogP contribution in [0.15, 0.2) is 0 Å². The SMILES string of the molecule is CC1(C)CC2(O)CCC(C)(O1)C(OC1OC(CO)C(O)C(O)C1O)C2. The third-order valence-electron chi connectivity index (χ3n) is 5.74. The Morgan fingerprint density at radius 1 is 1.04 bits per heavy atom. The van der Waals surface area contributed by atoms with E-state index in [4.69, 9.17) is 14.2 Å². The lowest BCUT2D eigenvalue weighted by molar-refractivity contribution is -0.331. The molecule has 3 aliphatic heterocycles. The van der Waals surface area contributed by atoms with Crippen molar-refractivity contribution in [3.63, 3.8) is 0 Å². The molecular weight excluding hydrogens is 332 g/mol. The van der Waals surface area contributed by atoms with E-state index in [-0.39, 0.29) is 0 Å². The van der Waals surface area contributed by atoms with E-state index in [1.807, 2.05) is 20.8 Å². The summed E-state index contributed by atoms with van der Waals surface area (Å²) in [4.78, 5) is 0. The molecule has 4 aliphatic rings. The molecule has 0 aromatic heterocycles. The minimum absolute atomic E-state index is 0.321. The predicted molar refractivity (Wildman–Crippen MR) is 85.6 cm³/mol. The maximum Gasteiger partial charge on any atom is 0.187 e. The second kappa shape index (κ2) is 6.38. The van der Waals surface area contributed by atoms with Crippen LogP contribution < -0.4 is 0 Å². The van der Waals surface area contributed by atoms with Crippen molar-refractivity contribution < 1.29 is 39.7 Å². The lowest BCUT2D eigenvalue weighted by atomic mass is 9.73. The summed E-state index contributed by atoms with van der Waals surface area (Å²) in [6.45, 7) is 5.25. The highest BCUT2D eigenvalue weighted by Gasteiger charge is 2.57. The van der Waals surface area contributed by atoms with E-state index in [2.05, 4.69) is 0 Å². The number of aliphatic hydroxyl groups excluding tert-OH is 4. The first-order valence-electron chi connectivity index (χ1n) is 8.87. The number of hydrogen-bond acceptors (Lipinski definition) is 8. The Kier molecular flexibility index (Phi) is 4.96. The van der Waals surface area contributed by atoms with Gasteiger partial charge in [0.1, 0.15) is 24.4 Å². The summed E-state index contributed by atoms with van der Waals surface area (Å²) in [5, 5.41) is 50.2. The van der Waals surface area contributed by atoms with Crippen molar-refractivity contribution in [3.8, 4) is 0 Å². The number of rotatable bonds is 3. The quantitative estimate of drug-likeness (QED) is 0.434. The molecule has 3 saturated heterocycles. The van der Waals surface area contributed by atoms with Crippen LogP contribution >= 0.6 is 0 Å². The zero-order valence-corrected chi connectivity index (χ0v) is 15.0. The van der Waals surface area contributed by atoms with Gasteiger partial charge in [0.15, 0.2) is 6.29 Å². The van der Waals surface area contributed by atoms with Crippen LogP contribution in [0.2, 0.25) is 0 Å². The van der Waals surface area contributed by atoms with Gasteiger partial charge in [-0.1, -0.05) is 0 Å². The van der Waals surface area contributed by atoms with Gasteiger partial charge in [-0.25, -0.2) is 0 Å². The Hall–Kier alpha value is -0.320. The fourth-order valence-electron chi connectivity index (χ4n) is 4.58. The summed E-state index contributed by atoms with van der Waals surface area (Å²) in [7, 11) is 0. The largest absolute Gasteiger partial charge is 0.394 e. The number of hydrogen-bond donors (Lipinski definition) is 5. The van der Waals surface area contributed by atoms with Gasteiger partial charge in [0, 0.05) is 12.8 Å². The molecule has 25 heavy (non-hydrogen) atoms. The standard InChI is InChI=1S/C17H30O8/c1-15(2)8-17(22)5-4-16(3,25-15)10(6-17)24-14-13(21)12(20)11(19)9(7-18)23-14/h9-14,18-22H,4-8H2,1-3H3. The van der Waals surface area contributed by atoms with E-state index in [0.717, 1.165) is 0 Å². The van der Waals surface area contributed by atoms with Crippen LogP contribution in [0.1, 0.15) is 46.5 Å². The van der Waals surface area contributed by atoms with Gasteiger partial charge in [0.25, 0.3) is 0 Å². The minimum Gasteiger partial charge on any atom is -0.394 e. The molecule has 8 unspecified atom stereocenters. The number of ether oxygens (including phenoxy) is 3. The predicted octanol–water partition coefficient (Wildman–Crippen LogP) is -0.956. The summed E-state index contributed by atoms with van der Waals surface area (Å²) in [5.74, 6) is 0. The van der Waals surface area contributed by atoms with Gasteiger partial charge in [0.2, 0.25) is 0 Å². The molecule has 0 spiro atoms. The van der Waals surface area contributed by atoms with Gasteiger partial charge in [-0.2, -0.15) is 0 Å². The van der Waals surface area contributed by atoms with E-state index in [1.54, 1.807) is 0 Å². The van der Waals surface area contributed by atoms with E-state index in [9.17, 15) is 25.5 Å². The first kappa shape index (κ1) is 19.4. The van der Waals surface area contributed by atoms with E-state index >= 15 is 0 Å². The Balaban J connectivity index is 1.80.